The molecule has 5 nitrogen and oxygen atoms in total. The van der Waals surface area contributed by atoms with Crippen LogP contribution in [0.3, 0.4) is 0 Å². The van der Waals surface area contributed by atoms with Crippen LogP contribution in [0.25, 0.3) is 0 Å². The van der Waals surface area contributed by atoms with E-state index < -0.39 is 6.10 Å². The van der Waals surface area contributed by atoms with Crippen molar-refractivity contribution in [3.05, 3.63) is 54.2 Å². The van der Waals surface area contributed by atoms with Gasteiger partial charge in [-0.2, -0.15) is 0 Å². The van der Waals surface area contributed by atoms with E-state index >= 15 is 0 Å². The highest BCUT2D eigenvalue weighted by molar-refractivity contribution is 5.77. The summed E-state index contributed by atoms with van der Waals surface area (Å²) >= 11 is 0. The fraction of sp³-hybridized carbons (Fsp3) is 0.214. The van der Waals surface area contributed by atoms with Crippen LogP contribution in [0.4, 0.5) is 4.39 Å². The van der Waals surface area contributed by atoms with Gasteiger partial charge in [-0.3, -0.25) is 4.79 Å². The van der Waals surface area contributed by atoms with Crippen LogP contribution in [-0.2, 0) is 4.79 Å². The monoisotopic (exact) mass is 279 g/mol. The van der Waals surface area contributed by atoms with E-state index in [-0.39, 0.29) is 24.9 Å². The lowest BCUT2D eigenvalue weighted by Gasteiger charge is -2.10. The molecule has 0 unspecified atom stereocenters. The molecule has 1 aromatic carbocycles. The summed E-state index contributed by atoms with van der Waals surface area (Å²) in [4.78, 5) is 11.5. The van der Waals surface area contributed by atoms with Crippen molar-refractivity contribution in [1.29, 1.82) is 0 Å². The number of aliphatic hydroxyl groups excluding tert-OH is 1. The van der Waals surface area contributed by atoms with Gasteiger partial charge in [-0.25, -0.2) is 4.39 Å². The zero-order valence-electron chi connectivity index (χ0n) is 10.6. The molecule has 6 heteroatoms. The van der Waals surface area contributed by atoms with Gasteiger partial charge in [-0.05, 0) is 30.3 Å². The summed E-state index contributed by atoms with van der Waals surface area (Å²) in [6.07, 6.45) is 2.02. The van der Waals surface area contributed by atoms with E-state index in [0.29, 0.717) is 11.3 Å². The van der Waals surface area contributed by atoms with Gasteiger partial charge >= 0.3 is 0 Å². The van der Waals surface area contributed by atoms with Crippen LogP contribution in [0.1, 0.15) is 11.7 Å². The third kappa shape index (κ3) is 4.10. The maximum atomic E-state index is 12.7. The molecule has 0 aliphatic rings. The topological polar surface area (TPSA) is 71.7 Å². The Hall–Kier alpha value is -2.34. The highest BCUT2D eigenvalue weighted by atomic mass is 19.1. The van der Waals surface area contributed by atoms with Crippen molar-refractivity contribution < 1.29 is 23.4 Å². The number of amides is 1. The molecule has 2 rings (SSSR count). The molecule has 2 aromatic rings. The van der Waals surface area contributed by atoms with Crippen molar-refractivity contribution in [3.8, 4) is 5.75 Å². The molecular formula is C14H14FNO4. The summed E-state index contributed by atoms with van der Waals surface area (Å²) < 4.78 is 22.7. The van der Waals surface area contributed by atoms with Gasteiger partial charge in [0.1, 0.15) is 11.6 Å². The largest absolute Gasteiger partial charge is 0.484 e. The Morgan fingerprint density at radius 3 is 2.75 bits per heavy atom. The maximum Gasteiger partial charge on any atom is 0.258 e. The Bertz CT molecular complexity index is 539. The van der Waals surface area contributed by atoms with Crippen LogP contribution in [-0.4, -0.2) is 24.2 Å². The second kappa shape index (κ2) is 6.72. The lowest BCUT2D eigenvalue weighted by atomic mass is 10.2. The van der Waals surface area contributed by atoms with Crippen molar-refractivity contribution in [2.75, 3.05) is 13.2 Å². The zero-order valence-corrected chi connectivity index (χ0v) is 10.6. The minimum Gasteiger partial charge on any atom is -0.484 e. The lowest BCUT2D eigenvalue weighted by molar-refractivity contribution is -0.123. The van der Waals surface area contributed by atoms with E-state index in [9.17, 15) is 14.3 Å². The molecule has 20 heavy (non-hydrogen) atoms. The Balaban J connectivity index is 1.71. The average molecular weight is 279 g/mol. The SMILES string of the molecule is O=C(COc1ccc(F)cc1)NC[C@@H](O)c1ccoc1. The molecule has 1 atom stereocenters. The van der Waals surface area contributed by atoms with Gasteiger partial charge in [0, 0.05) is 12.1 Å². The van der Waals surface area contributed by atoms with Gasteiger partial charge in [0.2, 0.25) is 0 Å². The molecule has 2 N–H and O–H groups in total. The smallest absolute Gasteiger partial charge is 0.258 e. The fourth-order valence-electron chi connectivity index (χ4n) is 1.52. The van der Waals surface area contributed by atoms with Crippen LogP contribution in [0.15, 0.2) is 47.3 Å². The Labute approximate surface area is 115 Å². The second-order valence-electron chi connectivity index (χ2n) is 4.12. The van der Waals surface area contributed by atoms with E-state index in [1.807, 2.05) is 0 Å². The number of furan rings is 1. The molecule has 1 aromatic heterocycles. The number of benzene rings is 1. The predicted molar refractivity (Wildman–Crippen MR) is 68.6 cm³/mol. The number of halogens is 1. The molecule has 0 radical (unpaired) electrons. The predicted octanol–water partition coefficient (Wildman–Crippen LogP) is 1.65. The maximum absolute atomic E-state index is 12.7. The number of aliphatic hydroxyl groups is 1. The molecule has 1 heterocycles. The minimum atomic E-state index is -0.830. The van der Waals surface area contributed by atoms with Crippen LogP contribution in [0.5, 0.6) is 5.75 Å². The minimum absolute atomic E-state index is 0.0607. The summed E-state index contributed by atoms with van der Waals surface area (Å²) in [6, 6.07) is 6.98. The first-order chi connectivity index (χ1) is 9.65. The van der Waals surface area contributed by atoms with Crippen LogP contribution < -0.4 is 10.1 Å². The average Bonchev–Trinajstić information content (AvgIpc) is 2.98. The molecule has 1 amide bonds. The van der Waals surface area contributed by atoms with Crippen molar-refractivity contribution in [1.82, 2.24) is 5.32 Å². The highest BCUT2D eigenvalue weighted by Crippen LogP contribution is 2.12. The lowest BCUT2D eigenvalue weighted by Crippen LogP contribution is -2.32. The number of hydrogen-bond acceptors (Lipinski definition) is 4. The Kier molecular flexibility index (Phi) is 4.73. The van der Waals surface area contributed by atoms with Crippen molar-refractivity contribution in [2.24, 2.45) is 0 Å². The fourth-order valence-corrected chi connectivity index (χ4v) is 1.52. The quantitative estimate of drug-likeness (QED) is 0.843. The molecule has 106 valence electrons. The van der Waals surface area contributed by atoms with E-state index in [4.69, 9.17) is 9.15 Å². The van der Waals surface area contributed by atoms with Gasteiger partial charge in [0.25, 0.3) is 5.91 Å². The molecule has 0 aliphatic carbocycles. The molecule has 0 aliphatic heterocycles. The van der Waals surface area contributed by atoms with E-state index in [0.717, 1.165) is 0 Å². The van der Waals surface area contributed by atoms with Crippen LogP contribution in [0.2, 0.25) is 0 Å². The number of hydrogen-bond donors (Lipinski definition) is 2. The van der Waals surface area contributed by atoms with E-state index in [1.54, 1.807) is 6.07 Å². The molecule has 0 spiro atoms. The van der Waals surface area contributed by atoms with Gasteiger partial charge in [0.15, 0.2) is 6.61 Å². The van der Waals surface area contributed by atoms with Crippen molar-refractivity contribution >= 4 is 5.91 Å². The zero-order chi connectivity index (χ0) is 14.4. The number of rotatable bonds is 6. The Morgan fingerprint density at radius 2 is 2.10 bits per heavy atom. The number of carbonyl (C=O) groups excluding carboxylic acids is 1. The highest BCUT2D eigenvalue weighted by Gasteiger charge is 2.10. The summed E-state index contributed by atoms with van der Waals surface area (Å²) in [7, 11) is 0. The molecule has 0 fully saturated rings. The van der Waals surface area contributed by atoms with Crippen LogP contribution >= 0.6 is 0 Å². The summed E-state index contributed by atoms with van der Waals surface area (Å²) in [5.41, 5.74) is 0.588. The molecule has 0 saturated heterocycles. The molecular weight excluding hydrogens is 265 g/mol. The Morgan fingerprint density at radius 1 is 1.35 bits per heavy atom. The summed E-state index contributed by atoms with van der Waals surface area (Å²) in [5.74, 6) is -0.348. The molecule has 0 bridgehead atoms. The number of ether oxygens (including phenoxy) is 1. The standard InChI is InChI=1S/C14H14FNO4/c15-11-1-3-12(4-2-11)20-9-14(18)16-7-13(17)10-5-6-19-8-10/h1-6,8,13,17H,7,9H2,(H,16,18)/t13-/m1/s1. The van der Waals surface area contributed by atoms with E-state index in [1.165, 1.54) is 36.8 Å². The third-order valence-corrected chi connectivity index (χ3v) is 2.60. The van der Waals surface area contributed by atoms with Crippen molar-refractivity contribution in [3.63, 3.8) is 0 Å². The van der Waals surface area contributed by atoms with Crippen molar-refractivity contribution in [2.45, 2.75) is 6.10 Å². The van der Waals surface area contributed by atoms with Gasteiger partial charge < -0.3 is 19.6 Å². The first-order valence-electron chi connectivity index (χ1n) is 6.00. The second-order valence-corrected chi connectivity index (χ2v) is 4.12. The number of carbonyl (C=O) groups is 1. The van der Waals surface area contributed by atoms with E-state index in [2.05, 4.69) is 5.32 Å². The summed E-state index contributed by atoms with van der Waals surface area (Å²) in [5, 5.41) is 12.2. The molecule has 0 saturated carbocycles. The van der Waals surface area contributed by atoms with Gasteiger partial charge in [-0.15, -0.1) is 0 Å². The first-order valence-corrected chi connectivity index (χ1v) is 6.00. The first kappa shape index (κ1) is 14.1. The summed E-state index contributed by atoms with van der Waals surface area (Å²) in [6.45, 7) is -0.144. The van der Waals surface area contributed by atoms with Gasteiger partial charge in [-0.1, -0.05) is 0 Å². The van der Waals surface area contributed by atoms with Gasteiger partial charge in [0.05, 0.1) is 18.6 Å². The third-order valence-electron chi connectivity index (χ3n) is 2.60. The normalized spacial score (nSPS) is 11.9. The van der Waals surface area contributed by atoms with Crippen LogP contribution in [0, 0.1) is 5.82 Å². The number of nitrogens with one attached hydrogen (secondary N) is 1.